The first kappa shape index (κ1) is 15.3. The predicted octanol–water partition coefficient (Wildman–Crippen LogP) is 2.54. The van der Waals surface area contributed by atoms with Crippen molar-refractivity contribution in [2.75, 3.05) is 5.75 Å². The third kappa shape index (κ3) is 3.72. The molecular formula is C15H16N2O3S. The maximum atomic E-state index is 11.2. The van der Waals surface area contributed by atoms with Gasteiger partial charge in [-0.1, -0.05) is 41.6 Å². The molecule has 0 unspecified atom stereocenters. The van der Waals surface area contributed by atoms with Crippen molar-refractivity contribution in [3.63, 3.8) is 0 Å². The zero-order chi connectivity index (χ0) is 15.4. The standard InChI is InChI=1S/C15H16N2O3S/c1-10-3-5-12(6-4-10)7-17-15(21-9-14(19)20)13(8-18)11(2)16-17/h3-6,8H,7,9H2,1-2H3,(H,19,20). The Kier molecular flexibility index (Phi) is 4.80. The van der Waals surface area contributed by atoms with Gasteiger partial charge < -0.3 is 5.11 Å². The van der Waals surface area contributed by atoms with Gasteiger partial charge >= 0.3 is 5.97 Å². The van der Waals surface area contributed by atoms with Crippen LogP contribution in [0, 0.1) is 13.8 Å². The molecule has 6 heteroatoms. The molecule has 2 rings (SSSR count). The molecule has 0 spiro atoms. The van der Waals surface area contributed by atoms with Crippen molar-refractivity contribution in [2.24, 2.45) is 0 Å². The third-order valence-electron chi connectivity index (χ3n) is 3.03. The van der Waals surface area contributed by atoms with Crippen LogP contribution in [-0.2, 0) is 11.3 Å². The number of hydrogen-bond donors (Lipinski definition) is 1. The molecule has 1 N–H and O–H groups in total. The van der Waals surface area contributed by atoms with E-state index in [-0.39, 0.29) is 5.75 Å². The number of rotatable bonds is 6. The maximum absolute atomic E-state index is 11.2. The van der Waals surface area contributed by atoms with Crippen molar-refractivity contribution in [3.8, 4) is 0 Å². The fourth-order valence-corrected chi connectivity index (χ4v) is 2.83. The Hall–Kier alpha value is -2.08. The van der Waals surface area contributed by atoms with Gasteiger partial charge in [0.2, 0.25) is 0 Å². The number of nitrogens with zero attached hydrogens (tertiary/aromatic N) is 2. The van der Waals surface area contributed by atoms with E-state index < -0.39 is 5.97 Å². The van der Waals surface area contributed by atoms with E-state index in [4.69, 9.17) is 5.11 Å². The molecule has 5 nitrogen and oxygen atoms in total. The van der Waals surface area contributed by atoms with E-state index in [0.29, 0.717) is 22.8 Å². The predicted molar refractivity (Wildman–Crippen MR) is 81.0 cm³/mol. The highest BCUT2D eigenvalue weighted by Gasteiger charge is 2.16. The molecule has 110 valence electrons. The Balaban J connectivity index is 2.31. The lowest BCUT2D eigenvalue weighted by Crippen LogP contribution is -2.06. The molecule has 1 heterocycles. The lowest BCUT2D eigenvalue weighted by atomic mass is 10.1. The second-order valence-electron chi connectivity index (χ2n) is 4.75. The summed E-state index contributed by atoms with van der Waals surface area (Å²) in [6, 6.07) is 8.02. The van der Waals surface area contributed by atoms with E-state index >= 15 is 0 Å². The normalized spacial score (nSPS) is 10.6. The van der Waals surface area contributed by atoms with Gasteiger partial charge in [0.15, 0.2) is 6.29 Å². The number of aryl methyl sites for hydroxylation is 2. The van der Waals surface area contributed by atoms with Crippen molar-refractivity contribution in [1.82, 2.24) is 9.78 Å². The quantitative estimate of drug-likeness (QED) is 0.656. The number of aliphatic carboxylic acids is 1. The minimum atomic E-state index is -0.919. The van der Waals surface area contributed by atoms with Crippen LogP contribution in [0.25, 0.3) is 0 Å². The summed E-state index contributed by atoms with van der Waals surface area (Å²) in [6.45, 7) is 4.28. The number of carboxylic acid groups (broad SMARTS) is 1. The van der Waals surface area contributed by atoms with E-state index in [9.17, 15) is 9.59 Å². The molecule has 1 aromatic heterocycles. The average Bonchev–Trinajstić information content (AvgIpc) is 2.74. The van der Waals surface area contributed by atoms with Crippen molar-refractivity contribution in [3.05, 3.63) is 46.6 Å². The van der Waals surface area contributed by atoms with Gasteiger partial charge in [-0.25, -0.2) is 0 Å². The Morgan fingerprint density at radius 2 is 2.00 bits per heavy atom. The summed E-state index contributed by atoms with van der Waals surface area (Å²) >= 11 is 1.12. The van der Waals surface area contributed by atoms with Gasteiger partial charge in [-0.15, -0.1) is 0 Å². The zero-order valence-corrected chi connectivity index (χ0v) is 12.7. The van der Waals surface area contributed by atoms with Gasteiger partial charge in [0.05, 0.1) is 23.6 Å². The van der Waals surface area contributed by atoms with Crippen LogP contribution in [0.3, 0.4) is 0 Å². The van der Waals surface area contributed by atoms with Gasteiger partial charge in [0.25, 0.3) is 0 Å². The molecule has 0 atom stereocenters. The van der Waals surface area contributed by atoms with Gasteiger partial charge in [-0.3, -0.25) is 14.3 Å². The first-order chi connectivity index (χ1) is 10.0. The summed E-state index contributed by atoms with van der Waals surface area (Å²) < 4.78 is 1.69. The first-order valence-electron chi connectivity index (χ1n) is 6.44. The van der Waals surface area contributed by atoms with Crippen LogP contribution in [0.4, 0.5) is 0 Å². The summed E-state index contributed by atoms with van der Waals surface area (Å²) in [6.07, 6.45) is 0.734. The van der Waals surface area contributed by atoms with Crippen LogP contribution in [0.15, 0.2) is 29.3 Å². The van der Waals surface area contributed by atoms with E-state index in [2.05, 4.69) is 5.10 Å². The number of hydrogen-bond acceptors (Lipinski definition) is 4. The Bertz CT molecular complexity index is 662. The average molecular weight is 304 g/mol. The van der Waals surface area contributed by atoms with Crippen molar-refractivity contribution in [2.45, 2.75) is 25.4 Å². The number of carbonyl (C=O) groups is 2. The van der Waals surface area contributed by atoms with Gasteiger partial charge in [-0.2, -0.15) is 5.10 Å². The number of aldehydes is 1. The molecular weight excluding hydrogens is 288 g/mol. The highest BCUT2D eigenvalue weighted by molar-refractivity contribution is 8.00. The lowest BCUT2D eigenvalue weighted by molar-refractivity contribution is -0.133. The van der Waals surface area contributed by atoms with Crippen LogP contribution in [-0.4, -0.2) is 32.9 Å². The number of benzene rings is 1. The molecule has 0 aliphatic rings. The highest BCUT2D eigenvalue weighted by Crippen LogP contribution is 2.25. The zero-order valence-electron chi connectivity index (χ0n) is 11.9. The van der Waals surface area contributed by atoms with Crippen molar-refractivity contribution < 1.29 is 14.7 Å². The van der Waals surface area contributed by atoms with E-state index in [1.165, 1.54) is 5.56 Å². The summed E-state index contributed by atoms with van der Waals surface area (Å²) in [5, 5.41) is 13.8. The summed E-state index contributed by atoms with van der Waals surface area (Å²) in [5.41, 5.74) is 3.31. The molecule has 0 fully saturated rings. The van der Waals surface area contributed by atoms with Crippen LogP contribution in [0.5, 0.6) is 0 Å². The fraction of sp³-hybridized carbons (Fsp3) is 0.267. The molecule has 0 amide bonds. The fourth-order valence-electron chi connectivity index (χ4n) is 1.97. The maximum Gasteiger partial charge on any atom is 0.313 e. The molecule has 0 bridgehead atoms. The minimum Gasteiger partial charge on any atom is -0.481 e. The number of carboxylic acids is 1. The number of thioether (sulfide) groups is 1. The smallest absolute Gasteiger partial charge is 0.313 e. The summed E-state index contributed by atoms with van der Waals surface area (Å²) in [7, 11) is 0. The summed E-state index contributed by atoms with van der Waals surface area (Å²) in [4.78, 5) is 21.9. The third-order valence-corrected chi connectivity index (χ3v) is 4.12. The molecule has 0 radical (unpaired) electrons. The Labute approximate surface area is 127 Å². The molecule has 0 aliphatic heterocycles. The van der Waals surface area contributed by atoms with Gasteiger partial charge in [0, 0.05) is 0 Å². The van der Waals surface area contributed by atoms with Crippen LogP contribution in [0.2, 0.25) is 0 Å². The Morgan fingerprint density at radius 1 is 1.33 bits per heavy atom. The number of carbonyl (C=O) groups excluding carboxylic acids is 1. The van der Waals surface area contributed by atoms with E-state index in [0.717, 1.165) is 23.6 Å². The van der Waals surface area contributed by atoms with Crippen LogP contribution < -0.4 is 0 Å². The van der Waals surface area contributed by atoms with Crippen LogP contribution >= 0.6 is 11.8 Å². The molecule has 0 aliphatic carbocycles. The van der Waals surface area contributed by atoms with Gasteiger partial charge in [0.1, 0.15) is 5.03 Å². The molecule has 0 saturated heterocycles. The highest BCUT2D eigenvalue weighted by atomic mass is 32.2. The largest absolute Gasteiger partial charge is 0.481 e. The molecule has 21 heavy (non-hydrogen) atoms. The second-order valence-corrected chi connectivity index (χ2v) is 5.71. The summed E-state index contributed by atoms with van der Waals surface area (Å²) in [5.74, 6) is -1.02. The van der Waals surface area contributed by atoms with Gasteiger partial charge in [-0.05, 0) is 19.4 Å². The SMILES string of the molecule is Cc1ccc(Cn2nc(C)c(C=O)c2SCC(=O)O)cc1. The minimum absolute atomic E-state index is 0.0974. The molecule has 0 saturated carbocycles. The monoisotopic (exact) mass is 304 g/mol. The first-order valence-corrected chi connectivity index (χ1v) is 7.42. The Morgan fingerprint density at radius 3 is 2.57 bits per heavy atom. The second kappa shape index (κ2) is 6.58. The lowest BCUT2D eigenvalue weighted by Gasteiger charge is -2.07. The van der Waals surface area contributed by atoms with Crippen molar-refractivity contribution >= 4 is 24.0 Å². The molecule has 2 aromatic rings. The van der Waals surface area contributed by atoms with Crippen LogP contribution in [0.1, 0.15) is 27.2 Å². The van der Waals surface area contributed by atoms with E-state index in [1.807, 2.05) is 31.2 Å². The topological polar surface area (TPSA) is 72.2 Å². The van der Waals surface area contributed by atoms with Crippen molar-refractivity contribution in [1.29, 1.82) is 0 Å². The number of aromatic nitrogens is 2. The molecule has 1 aromatic carbocycles. The van der Waals surface area contributed by atoms with E-state index in [1.54, 1.807) is 11.6 Å².